The van der Waals surface area contributed by atoms with Gasteiger partial charge in [0.2, 0.25) is 5.60 Å². The van der Waals surface area contributed by atoms with Gasteiger partial charge in [0.25, 0.3) is 0 Å². The molecule has 3 heterocycles. The van der Waals surface area contributed by atoms with Crippen LogP contribution in [-0.4, -0.2) is 67.7 Å². The van der Waals surface area contributed by atoms with E-state index >= 15 is 0 Å². The van der Waals surface area contributed by atoms with Crippen molar-refractivity contribution in [2.75, 3.05) is 12.3 Å². The molecule has 30 heavy (non-hydrogen) atoms. The molecule has 0 radical (unpaired) electrons. The number of rotatable bonds is 4. The minimum Gasteiger partial charge on any atom is -0.431 e. The van der Waals surface area contributed by atoms with Crippen LogP contribution in [-0.2, 0) is 19.8 Å². The second-order valence-corrected chi connectivity index (χ2v) is 7.53. The van der Waals surface area contributed by atoms with Gasteiger partial charge in [-0.05, 0) is 32.9 Å². The van der Waals surface area contributed by atoms with E-state index in [2.05, 4.69) is 19.6 Å². The third kappa shape index (κ3) is 3.63. The molecular formula is C17H21F3N4O6. The SMILES string of the molecule is CC(C)(OC(=O)OC[C@H]1O[C@@](C)(c2ccc3c(N)ncnn23)[C@H](O)[C@@H]1O)C(F)(F)F. The van der Waals surface area contributed by atoms with E-state index in [4.69, 9.17) is 10.5 Å². The van der Waals surface area contributed by atoms with E-state index in [0.717, 1.165) is 0 Å². The Kier molecular flexibility index (Phi) is 5.33. The molecule has 1 saturated heterocycles. The molecule has 0 spiro atoms. The summed E-state index contributed by atoms with van der Waals surface area (Å²) in [5.74, 6) is 0.183. The van der Waals surface area contributed by atoms with Gasteiger partial charge in [-0.1, -0.05) is 0 Å². The largest absolute Gasteiger partial charge is 0.509 e. The van der Waals surface area contributed by atoms with Crippen molar-refractivity contribution < 1.29 is 42.4 Å². The molecule has 2 aromatic rings. The summed E-state index contributed by atoms with van der Waals surface area (Å²) in [5, 5.41) is 25.0. The van der Waals surface area contributed by atoms with Crippen LogP contribution in [0.15, 0.2) is 18.5 Å². The van der Waals surface area contributed by atoms with E-state index in [1.807, 2.05) is 0 Å². The van der Waals surface area contributed by atoms with Crippen molar-refractivity contribution in [3.05, 3.63) is 24.2 Å². The number of carbonyl (C=O) groups excluding carboxylic acids is 1. The van der Waals surface area contributed by atoms with E-state index in [1.165, 1.54) is 17.8 Å². The number of ether oxygens (including phenoxy) is 3. The lowest BCUT2D eigenvalue weighted by atomic mass is 9.93. The normalized spacial score (nSPS) is 27.4. The van der Waals surface area contributed by atoms with Gasteiger partial charge in [0.05, 0.1) is 5.69 Å². The summed E-state index contributed by atoms with van der Waals surface area (Å²) in [6.45, 7) is 2.16. The van der Waals surface area contributed by atoms with Crippen molar-refractivity contribution >= 4 is 17.5 Å². The van der Waals surface area contributed by atoms with Crippen LogP contribution in [0, 0.1) is 0 Å². The van der Waals surface area contributed by atoms with Crippen LogP contribution >= 0.6 is 0 Å². The summed E-state index contributed by atoms with van der Waals surface area (Å²) < 4.78 is 54.5. The van der Waals surface area contributed by atoms with E-state index in [0.29, 0.717) is 25.1 Å². The lowest BCUT2D eigenvalue weighted by Gasteiger charge is -2.28. The van der Waals surface area contributed by atoms with Crippen molar-refractivity contribution in [1.82, 2.24) is 14.6 Å². The second-order valence-electron chi connectivity index (χ2n) is 7.53. The summed E-state index contributed by atoms with van der Waals surface area (Å²) in [7, 11) is 0. The molecule has 13 heteroatoms. The average Bonchev–Trinajstić information content (AvgIpc) is 3.16. The third-order valence-electron chi connectivity index (χ3n) is 5.04. The van der Waals surface area contributed by atoms with E-state index in [1.54, 1.807) is 12.1 Å². The molecule has 3 rings (SSSR count). The fraction of sp³-hybridized carbons (Fsp3) is 0.588. The first-order chi connectivity index (χ1) is 13.8. The fourth-order valence-electron chi connectivity index (χ4n) is 3.10. The minimum absolute atomic E-state index is 0.183. The Labute approximate surface area is 168 Å². The number of nitrogens with two attached hydrogens (primary N) is 1. The zero-order chi connectivity index (χ0) is 22.5. The standard InChI is InChI=1S/C17H21F3N4O6/c1-15(2,17(18,19)20)30-14(27)28-6-9-11(25)12(26)16(3,29-9)10-5-4-8-13(21)22-7-23-24(8)10/h4-5,7,9,11-12,25-26H,6H2,1-3H3,(H2,21,22,23)/t9-,11-,12-,16+/m1/s1. The molecule has 1 aliphatic heterocycles. The highest BCUT2D eigenvalue weighted by molar-refractivity contribution is 5.65. The quantitative estimate of drug-likeness (QED) is 0.604. The van der Waals surface area contributed by atoms with Crippen molar-refractivity contribution in [1.29, 1.82) is 0 Å². The number of aliphatic hydroxyl groups excluding tert-OH is 2. The molecule has 10 nitrogen and oxygen atoms in total. The zero-order valence-electron chi connectivity index (χ0n) is 16.3. The number of nitrogens with zero attached hydrogens (tertiary/aromatic N) is 3. The number of nitrogen functional groups attached to an aromatic ring is 1. The summed E-state index contributed by atoms with van der Waals surface area (Å²) >= 11 is 0. The summed E-state index contributed by atoms with van der Waals surface area (Å²) in [4.78, 5) is 15.5. The molecule has 2 aromatic heterocycles. The maximum atomic E-state index is 12.8. The number of alkyl halides is 3. The first-order valence-electron chi connectivity index (χ1n) is 8.83. The summed E-state index contributed by atoms with van der Waals surface area (Å²) in [6.07, 6.45) is -9.41. The molecule has 0 unspecified atom stereocenters. The summed E-state index contributed by atoms with van der Waals surface area (Å²) in [5.41, 5.74) is 2.31. The molecule has 4 atom stereocenters. The molecule has 4 N–H and O–H groups in total. The highest BCUT2D eigenvalue weighted by Crippen LogP contribution is 2.40. The van der Waals surface area contributed by atoms with Gasteiger partial charge < -0.3 is 30.2 Å². The first kappa shape index (κ1) is 22.1. The third-order valence-corrected chi connectivity index (χ3v) is 5.04. The summed E-state index contributed by atoms with van der Waals surface area (Å²) in [6, 6.07) is 3.17. The van der Waals surface area contributed by atoms with Gasteiger partial charge in [-0.15, -0.1) is 0 Å². The van der Waals surface area contributed by atoms with Crippen LogP contribution in [0.1, 0.15) is 26.5 Å². The molecule has 1 fully saturated rings. The number of carbonyl (C=O) groups is 1. The topological polar surface area (TPSA) is 141 Å². The van der Waals surface area contributed by atoms with Crippen LogP contribution in [0.4, 0.5) is 23.8 Å². The lowest BCUT2D eigenvalue weighted by Crippen LogP contribution is -2.44. The number of hydrogen-bond donors (Lipinski definition) is 3. The van der Waals surface area contributed by atoms with Gasteiger partial charge in [0.15, 0.2) is 5.82 Å². The molecule has 166 valence electrons. The van der Waals surface area contributed by atoms with Crippen molar-refractivity contribution in [2.45, 2.75) is 56.5 Å². The highest BCUT2D eigenvalue weighted by Gasteiger charge is 2.54. The van der Waals surface area contributed by atoms with Gasteiger partial charge in [-0.3, -0.25) is 0 Å². The van der Waals surface area contributed by atoms with E-state index in [-0.39, 0.29) is 5.82 Å². The Morgan fingerprint density at radius 1 is 1.37 bits per heavy atom. The number of fused-ring (bicyclic) bond motifs is 1. The van der Waals surface area contributed by atoms with Gasteiger partial charge in [0, 0.05) is 0 Å². The van der Waals surface area contributed by atoms with Gasteiger partial charge in [-0.2, -0.15) is 18.3 Å². The molecular weight excluding hydrogens is 413 g/mol. The molecule has 0 aliphatic carbocycles. The second kappa shape index (κ2) is 7.25. The Bertz CT molecular complexity index is 949. The van der Waals surface area contributed by atoms with E-state index in [9.17, 15) is 28.2 Å². The van der Waals surface area contributed by atoms with Crippen molar-refractivity contribution in [3.8, 4) is 0 Å². The Balaban J connectivity index is 1.74. The number of halogens is 3. The Hall–Kier alpha value is -2.64. The number of aromatic nitrogens is 3. The van der Waals surface area contributed by atoms with Crippen LogP contribution < -0.4 is 5.73 Å². The maximum absolute atomic E-state index is 12.8. The van der Waals surface area contributed by atoms with Crippen molar-refractivity contribution in [3.63, 3.8) is 0 Å². The van der Waals surface area contributed by atoms with Gasteiger partial charge in [0.1, 0.15) is 42.4 Å². The monoisotopic (exact) mass is 434 g/mol. The van der Waals surface area contributed by atoms with Crippen LogP contribution in [0.5, 0.6) is 0 Å². The predicted octanol–water partition coefficient (Wildman–Crippen LogP) is 1.14. The van der Waals surface area contributed by atoms with E-state index < -0.39 is 48.5 Å². The number of aliphatic hydroxyl groups is 2. The number of hydrogen-bond acceptors (Lipinski definition) is 9. The van der Waals surface area contributed by atoms with Crippen LogP contribution in [0.2, 0.25) is 0 Å². The molecule has 1 aliphatic rings. The minimum atomic E-state index is -4.80. The molecule has 0 saturated carbocycles. The van der Waals surface area contributed by atoms with Gasteiger partial charge in [-0.25, -0.2) is 14.3 Å². The Morgan fingerprint density at radius 3 is 2.67 bits per heavy atom. The number of anilines is 1. The Morgan fingerprint density at radius 2 is 2.03 bits per heavy atom. The first-order valence-corrected chi connectivity index (χ1v) is 8.83. The lowest BCUT2D eigenvalue weighted by molar-refractivity contribution is -0.250. The smallest absolute Gasteiger partial charge is 0.431 e. The average molecular weight is 434 g/mol. The fourth-order valence-corrected chi connectivity index (χ4v) is 3.10. The van der Waals surface area contributed by atoms with Crippen LogP contribution in [0.3, 0.4) is 0 Å². The van der Waals surface area contributed by atoms with Crippen molar-refractivity contribution in [2.24, 2.45) is 0 Å². The predicted molar refractivity (Wildman–Crippen MR) is 94.2 cm³/mol. The molecule has 0 aromatic carbocycles. The molecule has 0 bridgehead atoms. The van der Waals surface area contributed by atoms with Gasteiger partial charge >= 0.3 is 12.3 Å². The maximum Gasteiger partial charge on any atom is 0.509 e. The van der Waals surface area contributed by atoms with Crippen LogP contribution in [0.25, 0.3) is 5.52 Å². The molecule has 0 amide bonds. The highest BCUT2D eigenvalue weighted by atomic mass is 19.4. The zero-order valence-corrected chi connectivity index (χ0v) is 16.3.